The molecule has 0 aliphatic rings. The summed E-state index contributed by atoms with van der Waals surface area (Å²) in [5, 5.41) is 3.33. The summed E-state index contributed by atoms with van der Waals surface area (Å²) in [4.78, 5) is 0. The molecule has 1 aromatic rings. The maximum Gasteiger partial charge on any atom is 0.0222 e. The lowest BCUT2D eigenvalue weighted by Gasteiger charge is -2.08. The number of nitrogens with one attached hydrogen (secondary N) is 1. The molecule has 0 amide bonds. The molecule has 0 radical (unpaired) electrons. The lowest BCUT2D eigenvalue weighted by atomic mass is 10.2. The van der Waals surface area contributed by atoms with Crippen LogP contribution in [0.2, 0.25) is 0 Å². The molecule has 1 atom stereocenters. The van der Waals surface area contributed by atoms with Crippen molar-refractivity contribution in [1.29, 1.82) is 0 Å². The van der Waals surface area contributed by atoms with E-state index in [1.807, 2.05) is 6.08 Å². The van der Waals surface area contributed by atoms with E-state index in [1.54, 1.807) is 0 Å². The van der Waals surface area contributed by atoms with Crippen molar-refractivity contribution in [2.24, 2.45) is 0 Å². The minimum absolute atomic E-state index is 0.364. The Kier molecular flexibility index (Phi) is 4.19. The van der Waals surface area contributed by atoms with Crippen LogP contribution in [0.3, 0.4) is 0 Å². The molecule has 0 bridgehead atoms. The van der Waals surface area contributed by atoms with Crippen LogP contribution in [0.4, 0.5) is 0 Å². The molecule has 0 saturated carbocycles. The van der Waals surface area contributed by atoms with Gasteiger partial charge < -0.3 is 5.32 Å². The van der Waals surface area contributed by atoms with Gasteiger partial charge in [-0.3, -0.25) is 0 Å². The number of halogens is 1. The van der Waals surface area contributed by atoms with Crippen LogP contribution in [-0.4, -0.2) is 6.04 Å². The molecule has 70 valence electrons. The summed E-state index contributed by atoms with van der Waals surface area (Å²) in [6.07, 6.45) is 1.90. The van der Waals surface area contributed by atoms with E-state index in [1.165, 1.54) is 5.56 Å². The van der Waals surface area contributed by atoms with Crippen LogP contribution >= 0.6 is 15.9 Å². The Bertz CT molecular complexity index is 266. The highest BCUT2D eigenvalue weighted by molar-refractivity contribution is 9.10. The fourth-order valence-corrected chi connectivity index (χ4v) is 1.23. The van der Waals surface area contributed by atoms with E-state index in [0.29, 0.717) is 6.04 Å². The summed E-state index contributed by atoms with van der Waals surface area (Å²) < 4.78 is 1.12. The van der Waals surface area contributed by atoms with Crippen LogP contribution in [0.5, 0.6) is 0 Å². The molecule has 2 heteroatoms. The Morgan fingerprint density at radius 1 is 1.46 bits per heavy atom. The van der Waals surface area contributed by atoms with Crippen molar-refractivity contribution in [2.75, 3.05) is 0 Å². The smallest absolute Gasteiger partial charge is 0.0222 e. The van der Waals surface area contributed by atoms with Crippen LogP contribution < -0.4 is 5.32 Å². The third-order valence-electron chi connectivity index (χ3n) is 1.89. The van der Waals surface area contributed by atoms with Crippen LogP contribution in [0.1, 0.15) is 12.5 Å². The van der Waals surface area contributed by atoms with Gasteiger partial charge in [-0.15, -0.1) is 6.58 Å². The van der Waals surface area contributed by atoms with Gasteiger partial charge in [-0.1, -0.05) is 34.1 Å². The van der Waals surface area contributed by atoms with Crippen LogP contribution in [0.25, 0.3) is 0 Å². The molecule has 0 aromatic heterocycles. The van der Waals surface area contributed by atoms with E-state index in [2.05, 4.69) is 59.0 Å². The molecule has 0 heterocycles. The van der Waals surface area contributed by atoms with Crippen LogP contribution in [0.15, 0.2) is 41.4 Å². The number of rotatable bonds is 4. The zero-order chi connectivity index (χ0) is 9.68. The minimum Gasteiger partial charge on any atom is -0.307 e. The van der Waals surface area contributed by atoms with Crippen LogP contribution in [0, 0.1) is 0 Å². The number of hydrogen-bond donors (Lipinski definition) is 1. The fraction of sp³-hybridized carbons (Fsp3) is 0.273. The van der Waals surface area contributed by atoms with Gasteiger partial charge in [-0.2, -0.15) is 0 Å². The van der Waals surface area contributed by atoms with Crippen LogP contribution in [-0.2, 0) is 6.54 Å². The molecule has 1 aromatic carbocycles. The van der Waals surface area contributed by atoms with Gasteiger partial charge in [0.15, 0.2) is 0 Å². The van der Waals surface area contributed by atoms with Gasteiger partial charge in [0.1, 0.15) is 0 Å². The molecule has 1 unspecified atom stereocenters. The average Bonchev–Trinajstić information content (AvgIpc) is 2.16. The average molecular weight is 240 g/mol. The lowest BCUT2D eigenvalue weighted by Crippen LogP contribution is -2.22. The highest BCUT2D eigenvalue weighted by atomic mass is 79.9. The molecule has 1 N–H and O–H groups in total. The van der Waals surface area contributed by atoms with Crippen molar-refractivity contribution in [3.8, 4) is 0 Å². The summed E-state index contributed by atoms with van der Waals surface area (Å²) in [5.41, 5.74) is 1.29. The van der Waals surface area contributed by atoms with Gasteiger partial charge in [0, 0.05) is 17.1 Å². The van der Waals surface area contributed by atoms with E-state index >= 15 is 0 Å². The van der Waals surface area contributed by atoms with E-state index in [-0.39, 0.29) is 0 Å². The first-order valence-electron chi connectivity index (χ1n) is 4.33. The van der Waals surface area contributed by atoms with E-state index in [4.69, 9.17) is 0 Å². The molecule has 0 saturated heterocycles. The first-order valence-corrected chi connectivity index (χ1v) is 5.12. The third kappa shape index (κ3) is 3.75. The summed E-state index contributed by atoms with van der Waals surface area (Å²) in [7, 11) is 0. The predicted octanol–water partition coefficient (Wildman–Crippen LogP) is 3.11. The topological polar surface area (TPSA) is 12.0 Å². The number of hydrogen-bond acceptors (Lipinski definition) is 1. The molecule has 0 aliphatic heterocycles. The van der Waals surface area contributed by atoms with Crippen molar-refractivity contribution in [1.82, 2.24) is 5.32 Å². The quantitative estimate of drug-likeness (QED) is 0.797. The van der Waals surface area contributed by atoms with E-state index < -0.39 is 0 Å². The maximum atomic E-state index is 3.72. The largest absolute Gasteiger partial charge is 0.307 e. The van der Waals surface area contributed by atoms with E-state index in [0.717, 1.165) is 11.0 Å². The summed E-state index contributed by atoms with van der Waals surface area (Å²) in [5.74, 6) is 0. The van der Waals surface area contributed by atoms with Gasteiger partial charge >= 0.3 is 0 Å². The summed E-state index contributed by atoms with van der Waals surface area (Å²) in [6.45, 7) is 6.70. The second-order valence-electron chi connectivity index (χ2n) is 3.03. The first-order chi connectivity index (χ1) is 6.22. The highest BCUT2D eigenvalue weighted by Gasteiger charge is 1.95. The van der Waals surface area contributed by atoms with Crippen molar-refractivity contribution < 1.29 is 0 Å². The lowest BCUT2D eigenvalue weighted by molar-refractivity contribution is 0.634. The molecule has 1 rings (SSSR count). The van der Waals surface area contributed by atoms with Gasteiger partial charge in [0.25, 0.3) is 0 Å². The van der Waals surface area contributed by atoms with Crippen molar-refractivity contribution in [3.05, 3.63) is 47.0 Å². The predicted molar refractivity (Wildman–Crippen MR) is 60.6 cm³/mol. The Labute approximate surface area is 88.0 Å². The maximum absolute atomic E-state index is 3.72. The highest BCUT2D eigenvalue weighted by Crippen LogP contribution is 2.10. The Hall–Kier alpha value is -0.600. The van der Waals surface area contributed by atoms with E-state index in [9.17, 15) is 0 Å². The van der Waals surface area contributed by atoms with Gasteiger partial charge in [-0.25, -0.2) is 0 Å². The standard InChI is InChI=1S/C11H14BrN/c1-3-9(2)13-8-10-4-6-11(12)7-5-10/h3-7,9,13H,1,8H2,2H3. The SMILES string of the molecule is C=CC(C)NCc1ccc(Br)cc1. The third-order valence-corrected chi connectivity index (χ3v) is 2.42. The second kappa shape index (κ2) is 5.20. The van der Waals surface area contributed by atoms with Gasteiger partial charge in [0.05, 0.1) is 0 Å². The first kappa shape index (κ1) is 10.5. The molecular formula is C11H14BrN. The normalized spacial score (nSPS) is 12.5. The Balaban J connectivity index is 2.45. The van der Waals surface area contributed by atoms with Gasteiger partial charge in [-0.05, 0) is 24.6 Å². The molecule has 0 aliphatic carbocycles. The summed E-state index contributed by atoms with van der Waals surface area (Å²) >= 11 is 3.40. The monoisotopic (exact) mass is 239 g/mol. The summed E-state index contributed by atoms with van der Waals surface area (Å²) in [6, 6.07) is 8.67. The molecule has 1 nitrogen and oxygen atoms in total. The molecule has 0 spiro atoms. The van der Waals surface area contributed by atoms with Crippen molar-refractivity contribution in [3.63, 3.8) is 0 Å². The van der Waals surface area contributed by atoms with Crippen molar-refractivity contribution >= 4 is 15.9 Å². The molecule has 0 fully saturated rings. The van der Waals surface area contributed by atoms with Gasteiger partial charge in [0.2, 0.25) is 0 Å². The molecule has 13 heavy (non-hydrogen) atoms. The zero-order valence-electron chi connectivity index (χ0n) is 7.76. The zero-order valence-corrected chi connectivity index (χ0v) is 9.34. The van der Waals surface area contributed by atoms with Crippen molar-refractivity contribution in [2.45, 2.75) is 19.5 Å². The second-order valence-corrected chi connectivity index (χ2v) is 3.95. The molecular weight excluding hydrogens is 226 g/mol. The fourth-order valence-electron chi connectivity index (χ4n) is 0.964. The minimum atomic E-state index is 0.364. The number of benzene rings is 1. The Morgan fingerprint density at radius 2 is 2.08 bits per heavy atom. The Morgan fingerprint density at radius 3 is 2.62 bits per heavy atom.